The molecule has 0 saturated carbocycles. The van der Waals surface area contributed by atoms with Gasteiger partial charge in [-0.1, -0.05) is 53.0 Å². The number of halogens is 2. The Balaban J connectivity index is 1.82. The van der Waals surface area contributed by atoms with Crippen molar-refractivity contribution in [3.05, 3.63) is 81.6 Å². The molecule has 3 aromatic rings. The zero-order valence-corrected chi connectivity index (χ0v) is 14.4. The van der Waals surface area contributed by atoms with Crippen LogP contribution in [0.1, 0.15) is 22.7 Å². The van der Waals surface area contributed by atoms with Crippen LogP contribution in [0, 0.1) is 6.92 Å². The molecule has 0 saturated heterocycles. The summed E-state index contributed by atoms with van der Waals surface area (Å²) in [4.78, 5) is 4.30. The first kappa shape index (κ1) is 15.2. The lowest BCUT2D eigenvalue weighted by molar-refractivity contribution is 0.612. The van der Waals surface area contributed by atoms with Crippen molar-refractivity contribution < 1.29 is 0 Å². The molecule has 1 atom stereocenters. The number of rotatable bonds is 2. The molecule has 24 heavy (non-hydrogen) atoms. The van der Waals surface area contributed by atoms with Crippen LogP contribution in [0.3, 0.4) is 0 Å². The molecule has 0 amide bonds. The summed E-state index contributed by atoms with van der Waals surface area (Å²) in [7, 11) is 0. The Morgan fingerprint density at radius 2 is 1.88 bits per heavy atom. The first-order chi connectivity index (χ1) is 11.6. The lowest BCUT2D eigenvalue weighted by atomic mass is 10.0. The highest BCUT2D eigenvalue weighted by atomic mass is 35.5. The lowest BCUT2D eigenvalue weighted by Crippen LogP contribution is -2.20. The Morgan fingerprint density at radius 1 is 1.08 bits per heavy atom. The highest BCUT2D eigenvalue weighted by Gasteiger charge is 2.24. The van der Waals surface area contributed by atoms with Crippen LogP contribution >= 0.6 is 23.2 Å². The van der Waals surface area contributed by atoms with Crippen LogP contribution in [0.25, 0.3) is 5.70 Å². The summed E-state index contributed by atoms with van der Waals surface area (Å²) in [6, 6.07) is 13.8. The summed E-state index contributed by atoms with van der Waals surface area (Å²) in [6.45, 7) is 2.07. The number of fused-ring (bicyclic) bond motifs is 1. The molecule has 4 nitrogen and oxygen atoms in total. The number of hydrogen-bond acceptors (Lipinski definition) is 3. The standard InChI is InChI=1S/C18H14Cl2N4/c1-11-2-4-12(5-3-11)17-9-16(23-18-21-10-22-24(17)18)14-7-6-13(19)8-15(14)20/h2-10,17H,1H3,(H,21,22,23)/t17-/m0/s1. The monoisotopic (exact) mass is 356 g/mol. The van der Waals surface area contributed by atoms with E-state index in [4.69, 9.17) is 23.2 Å². The van der Waals surface area contributed by atoms with Gasteiger partial charge in [0.25, 0.3) is 0 Å². The van der Waals surface area contributed by atoms with E-state index in [-0.39, 0.29) is 6.04 Å². The third-order valence-electron chi connectivity index (χ3n) is 4.05. The van der Waals surface area contributed by atoms with Gasteiger partial charge in [-0.3, -0.25) is 0 Å². The molecule has 1 N–H and O–H groups in total. The summed E-state index contributed by atoms with van der Waals surface area (Å²) in [5.41, 5.74) is 4.13. The molecule has 4 rings (SSSR count). The predicted octanol–water partition coefficient (Wildman–Crippen LogP) is 4.95. The summed E-state index contributed by atoms with van der Waals surface area (Å²) in [5, 5.41) is 8.84. The molecule has 2 heterocycles. The lowest BCUT2D eigenvalue weighted by Gasteiger charge is -2.25. The molecule has 1 aliphatic rings. The van der Waals surface area contributed by atoms with Crippen molar-refractivity contribution in [1.29, 1.82) is 0 Å². The van der Waals surface area contributed by atoms with Gasteiger partial charge < -0.3 is 5.32 Å². The Bertz CT molecular complexity index is 928. The van der Waals surface area contributed by atoms with Gasteiger partial charge in [-0.05, 0) is 36.8 Å². The second-order valence-corrected chi connectivity index (χ2v) is 6.56. The highest BCUT2D eigenvalue weighted by molar-refractivity contribution is 6.35. The predicted molar refractivity (Wildman–Crippen MR) is 97.4 cm³/mol. The van der Waals surface area contributed by atoms with Gasteiger partial charge in [0, 0.05) is 16.3 Å². The van der Waals surface area contributed by atoms with Crippen LogP contribution < -0.4 is 5.32 Å². The molecule has 0 aliphatic carbocycles. The van der Waals surface area contributed by atoms with Crippen LogP contribution in [-0.2, 0) is 0 Å². The molecule has 120 valence electrons. The number of nitrogens with one attached hydrogen (secondary N) is 1. The molecule has 0 unspecified atom stereocenters. The fourth-order valence-corrected chi connectivity index (χ4v) is 3.31. The van der Waals surface area contributed by atoms with Gasteiger partial charge in [0.2, 0.25) is 5.95 Å². The summed E-state index contributed by atoms with van der Waals surface area (Å²) in [6.07, 6.45) is 3.64. The van der Waals surface area contributed by atoms with Crippen LogP contribution in [0.2, 0.25) is 10.0 Å². The Morgan fingerprint density at radius 3 is 2.62 bits per heavy atom. The second kappa shape index (κ2) is 5.96. The zero-order chi connectivity index (χ0) is 16.7. The summed E-state index contributed by atoms with van der Waals surface area (Å²) < 4.78 is 1.86. The molecular weight excluding hydrogens is 343 g/mol. The molecule has 0 bridgehead atoms. The maximum absolute atomic E-state index is 6.37. The van der Waals surface area contributed by atoms with Gasteiger partial charge >= 0.3 is 0 Å². The maximum Gasteiger partial charge on any atom is 0.226 e. The van der Waals surface area contributed by atoms with E-state index >= 15 is 0 Å². The summed E-state index contributed by atoms with van der Waals surface area (Å²) in [5.74, 6) is 0.684. The number of anilines is 1. The van der Waals surface area contributed by atoms with Gasteiger partial charge in [0.05, 0.1) is 5.02 Å². The van der Waals surface area contributed by atoms with E-state index < -0.39 is 0 Å². The molecule has 6 heteroatoms. The van der Waals surface area contributed by atoms with Crippen molar-refractivity contribution in [1.82, 2.24) is 14.8 Å². The fraction of sp³-hybridized carbons (Fsp3) is 0.111. The smallest absolute Gasteiger partial charge is 0.226 e. The van der Waals surface area contributed by atoms with Crippen molar-refractivity contribution in [3.8, 4) is 0 Å². The fourth-order valence-electron chi connectivity index (χ4n) is 2.80. The third kappa shape index (κ3) is 2.68. The Kier molecular flexibility index (Phi) is 3.79. The molecule has 0 radical (unpaired) electrons. The van der Waals surface area contributed by atoms with Crippen LogP contribution in [0.5, 0.6) is 0 Å². The minimum atomic E-state index is -0.0499. The minimum absolute atomic E-state index is 0.0499. The maximum atomic E-state index is 6.37. The molecular formula is C18H14Cl2N4. The normalized spacial score (nSPS) is 16.3. The molecule has 1 aliphatic heterocycles. The van der Waals surface area contributed by atoms with Crippen LogP contribution in [-0.4, -0.2) is 14.8 Å². The Labute approximate surface area is 149 Å². The molecule has 2 aromatic carbocycles. The SMILES string of the molecule is Cc1ccc([C@@H]2C=C(c3ccc(Cl)cc3Cl)Nc3ncnn32)cc1. The number of hydrogen-bond donors (Lipinski definition) is 1. The molecule has 0 fully saturated rings. The van der Waals surface area contributed by atoms with E-state index in [0.29, 0.717) is 16.0 Å². The quantitative estimate of drug-likeness (QED) is 0.706. The second-order valence-electron chi connectivity index (χ2n) is 5.71. The average molecular weight is 357 g/mol. The van der Waals surface area contributed by atoms with Crippen molar-refractivity contribution in [2.24, 2.45) is 0 Å². The van der Waals surface area contributed by atoms with Crippen molar-refractivity contribution >= 4 is 34.8 Å². The van der Waals surface area contributed by atoms with E-state index in [1.165, 1.54) is 5.56 Å². The van der Waals surface area contributed by atoms with Crippen molar-refractivity contribution in [2.75, 3.05) is 5.32 Å². The van der Waals surface area contributed by atoms with Gasteiger partial charge in [0.1, 0.15) is 12.4 Å². The van der Waals surface area contributed by atoms with Gasteiger partial charge in [-0.25, -0.2) is 4.68 Å². The van der Waals surface area contributed by atoms with Gasteiger partial charge in [0.15, 0.2) is 0 Å². The van der Waals surface area contributed by atoms with Gasteiger partial charge in [-0.2, -0.15) is 10.1 Å². The van der Waals surface area contributed by atoms with Gasteiger partial charge in [-0.15, -0.1) is 0 Å². The third-order valence-corrected chi connectivity index (χ3v) is 4.60. The first-order valence-corrected chi connectivity index (χ1v) is 8.28. The van der Waals surface area contributed by atoms with E-state index in [1.54, 1.807) is 12.4 Å². The molecule has 0 spiro atoms. The number of aryl methyl sites for hydroxylation is 1. The van der Waals surface area contributed by atoms with E-state index in [9.17, 15) is 0 Å². The number of nitrogens with zero attached hydrogens (tertiary/aromatic N) is 3. The first-order valence-electron chi connectivity index (χ1n) is 7.52. The van der Waals surface area contributed by atoms with Crippen LogP contribution in [0.4, 0.5) is 5.95 Å². The van der Waals surface area contributed by atoms with E-state index in [2.05, 4.69) is 52.7 Å². The topological polar surface area (TPSA) is 42.7 Å². The van der Waals surface area contributed by atoms with Crippen molar-refractivity contribution in [2.45, 2.75) is 13.0 Å². The zero-order valence-electron chi connectivity index (χ0n) is 12.9. The van der Waals surface area contributed by atoms with E-state index in [0.717, 1.165) is 16.8 Å². The van der Waals surface area contributed by atoms with Crippen LogP contribution in [0.15, 0.2) is 54.9 Å². The number of allylic oxidation sites excluding steroid dienone is 1. The molecule has 1 aromatic heterocycles. The summed E-state index contributed by atoms with van der Waals surface area (Å²) >= 11 is 12.4. The van der Waals surface area contributed by atoms with E-state index in [1.807, 2.05) is 16.8 Å². The minimum Gasteiger partial charge on any atom is -0.324 e. The number of aromatic nitrogens is 3. The van der Waals surface area contributed by atoms with Crippen molar-refractivity contribution in [3.63, 3.8) is 0 Å². The average Bonchev–Trinajstić information content (AvgIpc) is 3.03. The highest BCUT2D eigenvalue weighted by Crippen LogP contribution is 2.35. The number of benzene rings is 2. The largest absolute Gasteiger partial charge is 0.324 e. The Hall–Kier alpha value is -2.30.